The van der Waals surface area contributed by atoms with E-state index in [0.717, 1.165) is 0 Å². The van der Waals surface area contributed by atoms with Crippen molar-refractivity contribution in [3.05, 3.63) is 27.8 Å². The lowest BCUT2D eigenvalue weighted by molar-refractivity contribution is -0.389. The van der Waals surface area contributed by atoms with E-state index < -0.39 is 10.7 Å². The average Bonchev–Trinajstić information content (AvgIpc) is 2.16. The summed E-state index contributed by atoms with van der Waals surface area (Å²) in [5.74, 6) is -0.368. The molecule has 66 valence electrons. The topological polar surface area (TPSA) is 89.0 Å². The Hall–Kier alpha value is -2.16. The van der Waals surface area contributed by atoms with E-state index in [-0.39, 0.29) is 11.4 Å². The SMILES string of the molecule is COc1ccc(C#N)c([N+](=O)[O-])n1. The minimum Gasteiger partial charge on any atom is -0.463 e. The van der Waals surface area contributed by atoms with Crippen molar-refractivity contribution in [2.45, 2.75) is 0 Å². The summed E-state index contributed by atoms with van der Waals surface area (Å²) in [5.41, 5.74) is -0.0780. The Bertz CT molecular complexity index is 383. The van der Waals surface area contributed by atoms with E-state index in [4.69, 9.17) is 5.26 Å². The molecule has 0 aromatic carbocycles. The Kier molecular flexibility index (Phi) is 2.40. The molecule has 0 aliphatic heterocycles. The molecule has 0 atom stereocenters. The largest absolute Gasteiger partial charge is 0.463 e. The number of rotatable bonds is 2. The predicted molar refractivity (Wildman–Crippen MR) is 42.2 cm³/mol. The average molecular weight is 179 g/mol. The fourth-order valence-electron chi connectivity index (χ4n) is 0.771. The molecule has 0 radical (unpaired) electrons. The Balaban J connectivity index is 3.28. The number of methoxy groups -OCH3 is 1. The Morgan fingerprint density at radius 1 is 1.69 bits per heavy atom. The second-order valence-electron chi connectivity index (χ2n) is 2.09. The Morgan fingerprint density at radius 2 is 2.38 bits per heavy atom. The first-order chi connectivity index (χ1) is 6.19. The molecule has 0 fully saturated rings. The van der Waals surface area contributed by atoms with Gasteiger partial charge in [-0.15, -0.1) is 0 Å². The molecule has 0 aliphatic carbocycles. The van der Waals surface area contributed by atoms with Crippen LogP contribution in [0.4, 0.5) is 5.82 Å². The second-order valence-corrected chi connectivity index (χ2v) is 2.09. The van der Waals surface area contributed by atoms with Gasteiger partial charge in [-0.2, -0.15) is 5.26 Å². The number of nitriles is 1. The second kappa shape index (κ2) is 3.49. The van der Waals surface area contributed by atoms with Crippen LogP contribution >= 0.6 is 0 Å². The van der Waals surface area contributed by atoms with Gasteiger partial charge in [0.1, 0.15) is 11.6 Å². The van der Waals surface area contributed by atoms with Crippen molar-refractivity contribution in [1.82, 2.24) is 4.98 Å². The molecule has 13 heavy (non-hydrogen) atoms. The van der Waals surface area contributed by atoms with Gasteiger partial charge in [0.05, 0.1) is 7.11 Å². The van der Waals surface area contributed by atoms with Crippen molar-refractivity contribution in [2.24, 2.45) is 0 Å². The van der Waals surface area contributed by atoms with Gasteiger partial charge in [0.25, 0.3) is 0 Å². The van der Waals surface area contributed by atoms with Crippen LogP contribution in [0.2, 0.25) is 0 Å². The third kappa shape index (κ3) is 1.70. The summed E-state index contributed by atoms with van der Waals surface area (Å²) in [6, 6.07) is 4.36. The van der Waals surface area contributed by atoms with Gasteiger partial charge in [-0.25, -0.2) is 0 Å². The first-order valence-electron chi connectivity index (χ1n) is 3.28. The maximum atomic E-state index is 10.4. The highest BCUT2D eigenvalue weighted by Gasteiger charge is 2.17. The maximum Gasteiger partial charge on any atom is 0.385 e. The van der Waals surface area contributed by atoms with Crippen molar-refractivity contribution < 1.29 is 9.66 Å². The van der Waals surface area contributed by atoms with Gasteiger partial charge in [-0.1, -0.05) is 0 Å². The molecule has 0 unspecified atom stereocenters. The summed E-state index contributed by atoms with van der Waals surface area (Å²) in [6.45, 7) is 0. The Morgan fingerprint density at radius 3 is 2.85 bits per heavy atom. The molecule has 6 heteroatoms. The third-order valence-electron chi connectivity index (χ3n) is 1.35. The van der Waals surface area contributed by atoms with Crippen LogP contribution < -0.4 is 4.74 Å². The monoisotopic (exact) mass is 179 g/mol. The molecular weight excluding hydrogens is 174 g/mol. The van der Waals surface area contributed by atoms with Gasteiger partial charge >= 0.3 is 11.7 Å². The van der Waals surface area contributed by atoms with E-state index in [1.807, 2.05) is 0 Å². The maximum absolute atomic E-state index is 10.4. The molecular formula is C7H5N3O3. The molecule has 1 aromatic heterocycles. The number of nitro groups is 1. The van der Waals surface area contributed by atoms with Crippen LogP contribution in [-0.2, 0) is 0 Å². The van der Waals surface area contributed by atoms with Crippen LogP contribution in [0.1, 0.15) is 5.56 Å². The normalized spacial score (nSPS) is 8.92. The molecule has 0 amide bonds. The quantitative estimate of drug-likeness (QED) is 0.496. The lowest BCUT2D eigenvalue weighted by Crippen LogP contribution is -1.97. The zero-order valence-corrected chi connectivity index (χ0v) is 6.72. The van der Waals surface area contributed by atoms with Crippen LogP contribution in [-0.4, -0.2) is 17.0 Å². The van der Waals surface area contributed by atoms with Crippen molar-refractivity contribution in [3.63, 3.8) is 0 Å². The van der Waals surface area contributed by atoms with Gasteiger partial charge in [0.2, 0.25) is 0 Å². The first-order valence-corrected chi connectivity index (χ1v) is 3.28. The zero-order chi connectivity index (χ0) is 9.84. The minimum atomic E-state index is -0.721. The molecule has 1 heterocycles. The first kappa shape index (κ1) is 8.93. The van der Waals surface area contributed by atoms with Crippen molar-refractivity contribution in [1.29, 1.82) is 5.26 Å². The van der Waals surface area contributed by atoms with Gasteiger partial charge in [0, 0.05) is 11.1 Å². The lowest BCUT2D eigenvalue weighted by Gasteiger charge is -1.95. The number of pyridine rings is 1. The van der Waals surface area contributed by atoms with Crippen molar-refractivity contribution in [2.75, 3.05) is 7.11 Å². The predicted octanol–water partition coefficient (Wildman–Crippen LogP) is 0.870. The summed E-state index contributed by atoms with van der Waals surface area (Å²) in [7, 11) is 1.35. The Labute approximate surface area is 73.5 Å². The molecule has 0 spiro atoms. The molecule has 0 saturated heterocycles. The third-order valence-corrected chi connectivity index (χ3v) is 1.35. The van der Waals surface area contributed by atoms with E-state index >= 15 is 0 Å². The van der Waals surface area contributed by atoms with Crippen LogP contribution in [0.5, 0.6) is 5.88 Å². The van der Waals surface area contributed by atoms with Crippen LogP contribution in [0, 0.1) is 21.4 Å². The van der Waals surface area contributed by atoms with Crippen LogP contribution in [0.25, 0.3) is 0 Å². The van der Waals surface area contributed by atoms with Gasteiger partial charge in [-0.3, -0.25) is 0 Å². The summed E-state index contributed by atoms with van der Waals surface area (Å²) in [5, 5.41) is 18.9. The molecule has 1 aromatic rings. The van der Waals surface area contributed by atoms with Crippen molar-refractivity contribution >= 4 is 5.82 Å². The van der Waals surface area contributed by atoms with Crippen LogP contribution in [0.15, 0.2) is 12.1 Å². The zero-order valence-electron chi connectivity index (χ0n) is 6.72. The number of hydrogen-bond donors (Lipinski definition) is 0. The number of ether oxygens (including phenoxy) is 1. The molecule has 1 rings (SSSR count). The molecule has 0 saturated carbocycles. The van der Waals surface area contributed by atoms with E-state index in [1.54, 1.807) is 6.07 Å². The van der Waals surface area contributed by atoms with E-state index in [0.29, 0.717) is 0 Å². The highest BCUT2D eigenvalue weighted by atomic mass is 16.6. The summed E-state index contributed by atoms with van der Waals surface area (Å²) in [6.07, 6.45) is 0. The number of aromatic nitrogens is 1. The number of nitrogens with zero attached hydrogens (tertiary/aromatic N) is 3. The van der Waals surface area contributed by atoms with E-state index in [2.05, 4.69) is 9.72 Å². The summed E-state index contributed by atoms with van der Waals surface area (Å²) >= 11 is 0. The summed E-state index contributed by atoms with van der Waals surface area (Å²) in [4.78, 5) is 13.2. The molecule has 0 aliphatic rings. The van der Waals surface area contributed by atoms with Gasteiger partial charge in [0.15, 0.2) is 0 Å². The molecule has 0 N–H and O–H groups in total. The highest BCUT2D eigenvalue weighted by molar-refractivity contribution is 5.44. The minimum absolute atomic E-state index is 0.0780. The smallest absolute Gasteiger partial charge is 0.385 e. The van der Waals surface area contributed by atoms with E-state index in [9.17, 15) is 10.1 Å². The van der Waals surface area contributed by atoms with Gasteiger partial charge in [-0.05, 0) is 11.0 Å². The molecule has 6 nitrogen and oxygen atoms in total. The van der Waals surface area contributed by atoms with E-state index in [1.165, 1.54) is 19.2 Å². The highest BCUT2D eigenvalue weighted by Crippen LogP contribution is 2.18. The summed E-state index contributed by atoms with van der Waals surface area (Å²) < 4.78 is 4.68. The fraction of sp³-hybridized carbons (Fsp3) is 0.143. The molecule has 0 bridgehead atoms. The standard InChI is InChI=1S/C7H5N3O3/c1-13-6-3-2-5(4-8)7(9-6)10(11)12/h2-3H,1H3. The van der Waals surface area contributed by atoms with Gasteiger partial charge < -0.3 is 14.9 Å². The van der Waals surface area contributed by atoms with Crippen LogP contribution in [0.3, 0.4) is 0 Å². The lowest BCUT2D eigenvalue weighted by atomic mass is 10.3. The number of hydrogen-bond acceptors (Lipinski definition) is 5. The van der Waals surface area contributed by atoms with Crippen molar-refractivity contribution in [3.8, 4) is 11.9 Å². The fourth-order valence-corrected chi connectivity index (χ4v) is 0.771.